The van der Waals surface area contributed by atoms with Crippen LogP contribution in [0, 0.1) is 0 Å². The van der Waals surface area contributed by atoms with Crippen LogP contribution in [0.1, 0.15) is 0 Å². The van der Waals surface area contributed by atoms with Gasteiger partial charge in [0.05, 0.1) is 17.8 Å². The first-order chi connectivity index (χ1) is 6.92. The van der Waals surface area contributed by atoms with Crippen LogP contribution >= 0.6 is 15.9 Å². The maximum absolute atomic E-state index is 11.8. The van der Waals surface area contributed by atoms with E-state index in [1.54, 1.807) is 0 Å². The van der Waals surface area contributed by atoms with Crippen molar-refractivity contribution in [1.82, 2.24) is 4.98 Å². The van der Waals surface area contributed by atoms with Crippen molar-refractivity contribution < 1.29 is 22.6 Å². The van der Waals surface area contributed by atoms with E-state index in [1.807, 2.05) is 0 Å². The summed E-state index contributed by atoms with van der Waals surface area (Å²) in [6.07, 6.45) is -3.10. The van der Waals surface area contributed by atoms with Crippen LogP contribution in [0.25, 0.3) is 0 Å². The quantitative estimate of drug-likeness (QED) is 0.856. The first-order valence-electron chi connectivity index (χ1n) is 3.81. The van der Waals surface area contributed by atoms with Gasteiger partial charge in [0, 0.05) is 6.07 Å². The van der Waals surface area contributed by atoms with E-state index in [-0.39, 0.29) is 5.88 Å². The summed E-state index contributed by atoms with van der Waals surface area (Å²) in [6.45, 7) is -1.37. The monoisotopic (exact) mass is 285 g/mol. The molecule has 1 aromatic heterocycles. The van der Waals surface area contributed by atoms with Gasteiger partial charge in [0.1, 0.15) is 5.75 Å². The number of aromatic nitrogens is 1. The van der Waals surface area contributed by atoms with Crippen LogP contribution in [0.4, 0.5) is 13.2 Å². The summed E-state index contributed by atoms with van der Waals surface area (Å²) in [4.78, 5) is 3.66. The van der Waals surface area contributed by atoms with Crippen molar-refractivity contribution in [2.75, 3.05) is 13.7 Å². The lowest BCUT2D eigenvalue weighted by Crippen LogP contribution is -2.19. The third-order valence-electron chi connectivity index (χ3n) is 1.39. The van der Waals surface area contributed by atoms with Gasteiger partial charge in [0.15, 0.2) is 6.61 Å². The molecule has 15 heavy (non-hydrogen) atoms. The number of methoxy groups -OCH3 is 1. The van der Waals surface area contributed by atoms with Gasteiger partial charge in [0.25, 0.3) is 0 Å². The van der Waals surface area contributed by atoms with Crippen molar-refractivity contribution in [2.45, 2.75) is 6.18 Å². The average Bonchev–Trinajstić information content (AvgIpc) is 2.14. The second-order valence-electron chi connectivity index (χ2n) is 2.57. The van der Waals surface area contributed by atoms with Crippen molar-refractivity contribution in [3.8, 4) is 11.6 Å². The molecular weight excluding hydrogens is 279 g/mol. The van der Waals surface area contributed by atoms with Crippen LogP contribution in [-0.2, 0) is 0 Å². The van der Waals surface area contributed by atoms with Crippen LogP contribution in [0.15, 0.2) is 16.7 Å². The van der Waals surface area contributed by atoms with Crippen LogP contribution in [0.5, 0.6) is 11.6 Å². The summed E-state index contributed by atoms with van der Waals surface area (Å²) in [5.74, 6) is 0.314. The van der Waals surface area contributed by atoms with Crippen molar-refractivity contribution in [3.63, 3.8) is 0 Å². The van der Waals surface area contributed by atoms with E-state index in [4.69, 9.17) is 4.74 Å². The molecule has 1 heterocycles. The normalized spacial score (nSPS) is 11.3. The molecule has 0 atom stereocenters. The van der Waals surface area contributed by atoms with Gasteiger partial charge in [0.2, 0.25) is 5.88 Å². The Bertz CT molecular complexity index is 343. The highest BCUT2D eigenvalue weighted by Gasteiger charge is 2.29. The van der Waals surface area contributed by atoms with Gasteiger partial charge in [-0.15, -0.1) is 0 Å². The highest BCUT2D eigenvalue weighted by atomic mass is 79.9. The SMILES string of the molecule is COc1cnc(OCC(F)(F)F)c(Br)c1. The minimum atomic E-state index is -4.37. The van der Waals surface area contributed by atoms with E-state index in [9.17, 15) is 13.2 Å². The van der Waals surface area contributed by atoms with E-state index < -0.39 is 12.8 Å². The summed E-state index contributed by atoms with van der Waals surface area (Å²) in [5.41, 5.74) is 0. The van der Waals surface area contributed by atoms with E-state index >= 15 is 0 Å². The predicted molar refractivity (Wildman–Crippen MR) is 50.0 cm³/mol. The number of halogens is 4. The minimum absolute atomic E-state index is 0.117. The van der Waals surface area contributed by atoms with Crippen molar-refractivity contribution in [1.29, 1.82) is 0 Å². The van der Waals surface area contributed by atoms with E-state index in [1.165, 1.54) is 19.4 Å². The molecule has 0 amide bonds. The fourth-order valence-corrected chi connectivity index (χ4v) is 1.22. The van der Waals surface area contributed by atoms with Gasteiger partial charge >= 0.3 is 6.18 Å². The second kappa shape index (κ2) is 4.69. The Balaban J connectivity index is 2.70. The highest BCUT2D eigenvalue weighted by Crippen LogP contribution is 2.27. The third-order valence-corrected chi connectivity index (χ3v) is 1.96. The number of nitrogens with zero attached hydrogens (tertiary/aromatic N) is 1. The van der Waals surface area contributed by atoms with Gasteiger partial charge in [-0.3, -0.25) is 0 Å². The molecule has 0 aliphatic carbocycles. The molecule has 0 fully saturated rings. The Morgan fingerprint density at radius 1 is 1.47 bits per heavy atom. The molecule has 0 N–H and O–H groups in total. The molecule has 0 bridgehead atoms. The molecule has 0 saturated carbocycles. The van der Waals surface area contributed by atoms with Gasteiger partial charge < -0.3 is 9.47 Å². The molecule has 0 radical (unpaired) electrons. The minimum Gasteiger partial charge on any atom is -0.495 e. The van der Waals surface area contributed by atoms with Crippen LogP contribution in [-0.4, -0.2) is 24.9 Å². The van der Waals surface area contributed by atoms with Crippen LogP contribution in [0.3, 0.4) is 0 Å². The Morgan fingerprint density at radius 2 is 2.13 bits per heavy atom. The van der Waals surface area contributed by atoms with Crippen molar-refractivity contribution in [2.24, 2.45) is 0 Å². The molecule has 1 aromatic rings. The van der Waals surface area contributed by atoms with Crippen molar-refractivity contribution >= 4 is 15.9 Å². The zero-order valence-corrected chi connectivity index (χ0v) is 9.22. The molecule has 7 heteroatoms. The standard InChI is InChI=1S/C8H7BrF3NO2/c1-14-5-2-6(9)7(13-3-5)15-4-8(10,11)12/h2-3H,4H2,1H3. The van der Waals surface area contributed by atoms with Crippen LogP contribution < -0.4 is 9.47 Å². The first-order valence-corrected chi connectivity index (χ1v) is 4.61. The third kappa shape index (κ3) is 3.94. The summed E-state index contributed by atoms with van der Waals surface area (Å²) in [5, 5.41) is 0. The number of ether oxygens (including phenoxy) is 2. The number of rotatable bonds is 3. The lowest BCUT2D eigenvalue weighted by atomic mass is 10.4. The zero-order chi connectivity index (χ0) is 11.5. The lowest BCUT2D eigenvalue weighted by Gasteiger charge is -2.09. The van der Waals surface area contributed by atoms with E-state index in [0.29, 0.717) is 10.2 Å². The molecular formula is C8H7BrF3NO2. The summed E-state index contributed by atoms with van der Waals surface area (Å²) in [7, 11) is 1.43. The predicted octanol–water partition coefficient (Wildman–Crippen LogP) is 2.79. The molecule has 3 nitrogen and oxygen atoms in total. The largest absolute Gasteiger partial charge is 0.495 e. The first kappa shape index (κ1) is 12.1. The topological polar surface area (TPSA) is 31.4 Å². The number of alkyl halides is 3. The Labute approximate surface area is 92.3 Å². The van der Waals surface area contributed by atoms with Crippen molar-refractivity contribution in [3.05, 3.63) is 16.7 Å². The number of hydrogen-bond acceptors (Lipinski definition) is 3. The molecule has 0 spiro atoms. The Kier molecular flexibility index (Phi) is 3.78. The average molecular weight is 286 g/mol. The number of pyridine rings is 1. The molecule has 84 valence electrons. The van der Waals surface area contributed by atoms with Gasteiger partial charge in [-0.2, -0.15) is 13.2 Å². The highest BCUT2D eigenvalue weighted by molar-refractivity contribution is 9.10. The molecule has 0 saturated heterocycles. The summed E-state index contributed by atoms with van der Waals surface area (Å²) >= 11 is 3.02. The second-order valence-corrected chi connectivity index (χ2v) is 3.42. The van der Waals surface area contributed by atoms with E-state index in [2.05, 4.69) is 25.7 Å². The molecule has 1 rings (SSSR count). The Hall–Kier alpha value is -0.980. The van der Waals surface area contributed by atoms with Gasteiger partial charge in [-0.25, -0.2) is 4.98 Å². The molecule has 0 aliphatic heterocycles. The van der Waals surface area contributed by atoms with Gasteiger partial charge in [-0.1, -0.05) is 0 Å². The molecule has 0 unspecified atom stereocenters. The summed E-state index contributed by atoms with van der Waals surface area (Å²) in [6, 6.07) is 1.47. The molecule has 0 aliphatic rings. The Morgan fingerprint density at radius 3 is 2.60 bits per heavy atom. The lowest BCUT2D eigenvalue weighted by molar-refractivity contribution is -0.154. The smallest absolute Gasteiger partial charge is 0.422 e. The maximum Gasteiger partial charge on any atom is 0.422 e. The zero-order valence-electron chi connectivity index (χ0n) is 7.64. The molecule has 0 aromatic carbocycles. The fourth-order valence-electron chi connectivity index (χ4n) is 0.776. The van der Waals surface area contributed by atoms with E-state index in [0.717, 1.165) is 0 Å². The van der Waals surface area contributed by atoms with Gasteiger partial charge in [-0.05, 0) is 15.9 Å². The fraction of sp³-hybridized carbons (Fsp3) is 0.375. The maximum atomic E-state index is 11.8. The number of hydrogen-bond donors (Lipinski definition) is 0. The van der Waals surface area contributed by atoms with Crippen LogP contribution in [0.2, 0.25) is 0 Å². The summed E-state index contributed by atoms with van der Waals surface area (Å²) < 4.78 is 45.1.